The standard InChI is InChI=1S/C15H25N3O3/c1-12-9-16-18(10-12)14-5-4-6-17(11-14)15(19)13(2)21-8-7-20-3/h9-10,13-14H,4-8,11H2,1-3H3. The molecule has 0 bridgehead atoms. The highest BCUT2D eigenvalue weighted by molar-refractivity contribution is 5.80. The molecule has 2 rings (SSSR count). The Kier molecular flexibility index (Phi) is 5.76. The second-order valence-electron chi connectivity index (χ2n) is 5.58. The minimum Gasteiger partial charge on any atom is -0.382 e. The van der Waals surface area contributed by atoms with Gasteiger partial charge in [0.25, 0.3) is 5.91 Å². The molecule has 1 amide bonds. The molecule has 1 fully saturated rings. The van der Waals surface area contributed by atoms with Gasteiger partial charge in [0, 0.05) is 26.4 Å². The molecule has 1 saturated heterocycles. The highest BCUT2D eigenvalue weighted by Crippen LogP contribution is 2.22. The number of aromatic nitrogens is 2. The third-order valence-corrected chi connectivity index (χ3v) is 3.82. The number of ether oxygens (including phenoxy) is 2. The van der Waals surface area contributed by atoms with Crippen LogP contribution in [0.4, 0.5) is 0 Å². The van der Waals surface area contributed by atoms with Crippen molar-refractivity contribution in [3.05, 3.63) is 18.0 Å². The molecule has 1 aliphatic rings. The maximum atomic E-state index is 12.4. The van der Waals surface area contributed by atoms with Crippen LogP contribution in [0.3, 0.4) is 0 Å². The van der Waals surface area contributed by atoms with Crippen LogP contribution in [0.5, 0.6) is 0 Å². The first-order valence-corrected chi connectivity index (χ1v) is 7.52. The summed E-state index contributed by atoms with van der Waals surface area (Å²) in [5.41, 5.74) is 1.15. The molecule has 0 radical (unpaired) electrons. The second kappa shape index (κ2) is 7.56. The van der Waals surface area contributed by atoms with Crippen LogP contribution in [0, 0.1) is 6.92 Å². The molecular formula is C15H25N3O3. The van der Waals surface area contributed by atoms with E-state index < -0.39 is 6.10 Å². The monoisotopic (exact) mass is 295 g/mol. The first kappa shape index (κ1) is 16.0. The SMILES string of the molecule is COCCOC(C)C(=O)N1CCCC(n2cc(C)cn2)C1. The van der Waals surface area contributed by atoms with E-state index >= 15 is 0 Å². The molecule has 0 aromatic carbocycles. The highest BCUT2D eigenvalue weighted by atomic mass is 16.5. The Balaban J connectivity index is 1.89. The third-order valence-electron chi connectivity index (χ3n) is 3.82. The topological polar surface area (TPSA) is 56.6 Å². The number of nitrogens with zero attached hydrogens (tertiary/aromatic N) is 3. The van der Waals surface area contributed by atoms with Gasteiger partial charge in [-0.2, -0.15) is 5.10 Å². The molecule has 2 heterocycles. The predicted molar refractivity (Wildman–Crippen MR) is 79.1 cm³/mol. The van der Waals surface area contributed by atoms with Crippen LogP contribution >= 0.6 is 0 Å². The number of piperidine rings is 1. The van der Waals surface area contributed by atoms with Gasteiger partial charge in [-0.15, -0.1) is 0 Å². The normalized spacial score (nSPS) is 20.5. The number of rotatable bonds is 6. The van der Waals surface area contributed by atoms with Crippen LogP contribution in [0.2, 0.25) is 0 Å². The van der Waals surface area contributed by atoms with Crippen LogP contribution in [-0.4, -0.2) is 60.1 Å². The molecule has 1 aliphatic heterocycles. The molecule has 0 aliphatic carbocycles. The number of aryl methyl sites for hydroxylation is 1. The van der Waals surface area contributed by atoms with Crippen molar-refractivity contribution in [3.63, 3.8) is 0 Å². The first-order valence-electron chi connectivity index (χ1n) is 7.52. The molecular weight excluding hydrogens is 270 g/mol. The average molecular weight is 295 g/mol. The lowest BCUT2D eigenvalue weighted by molar-refractivity contribution is -0.145. The molecule has 118 valence electrons. The van der Waals surface area contributed by atoms with Gasteiger partial charge in [-0.05, 0) is 32.3 Å². The van der Waals surface area contributed by atoms with E-state index in [1.807, 2.05) is 28.9 Å². The Morgan fingerprint density at radius 2 is 2.33 bits per heavy atom. The number of likely N-dealkylation sites (tertiary alicyclic amines) is 1. The number of hydrogen-bond acceptors (Lipinski definition) is 4. The number of carbonyl (C=O) groups is 1. The molecule has 2 unspecified atom stereocenters. The molecule has 21 heavy (non-hydrogen) atoms. The number of hydrogen-bond donors (Lipinski definition) is 0. The molecule has 6 nitrogen and oxygen atoms in total. The lowest BCUT2D eigenvalue weighted by Gasteiger charge is -2.34. The molecule has 0 N–H and O–H groups in total. The van der Waals surface area contributed by atoms with E-state index in [2.05, 4.69) is 5.10 Å². The van der Waals surface area contributed by atoms with E-state index in [4.69, 9.17) is 9.47 Å². The third kappa shape index (κ3) is 4.28. The first-order chi connectivity index (χ1) is 10.1. The van der Waals surface area contributed by atoms with Crippen LogP contribution in [0.25, 0.3) is 0 Å². The van der Waals surface area contributed by atoms with Crippen LogP contribution < -0.4 is 0 Å². The van der Waals surface area contributed by atoms with E-state index in [-0.39, 0.29) is 11.9 Å². The van der Waals surface area contributed by atoms with Crippen molar-refractivity contribution in [2.24, 2.45) is 0 Å². The van der Waals surface area contributed by atoms with Gasteiger partial charge < -0.3 is 14.4 Å². The molecule has 1 aromatic rings. The van der Waals surface area contributed by atoms with Crippen molar-refractivity contribution in [2.45, 2.75) is 38.8 Å². The lowest BCUT2D eigenvalue weighted by Crippen LogP contribution is -2.45. The van der Waals surface area contributed by atoms with E-state index in [0.29, 0.717) is 19.8 Å². The maximum Gasteiger partial charge on any atom is 0.251 e. The average Bonchev–Trinajstić information content (AvgIpc) is 2.93. The van der Waals surface area contributed by atoms with Crippen LogP contribution in [0.1, 0.15) is 31.4 Å². The van der Waals surface area contributed by atoms with Crippen LogP contribution in [-0.2, 0) is 14.3 Å². The summed E-state index contributed by atoms with van der Waals surface area (Å²) >= 11 is 0. The van der Waals surface area contributed by atoms with Crippen molar-refractivity contribution in [2.75, 3.05) is 33.4 Å². The molecule has 0 saturated carbocycles. The maximum absolute atomic E-state index is 12.4. The summed E-state index contributed by atoms with van der Waals surface area (Å²) in [4.78, 5) is 14.3. The predicted octanol–water partition coefficient (Wildman–Crippen LogP) is 1.41. The lowest BCUT2D eigenvalue weighted by atomic mass is 10.1. The quantitative estimate of drug-likeness (QED) is 0.745. The van der Waals surface area contributed by atoms with Crippen molar-refractivity contribution < 1.29 is 14.3 Å². The van der Waals surface area contributed by atoms with E-state index in [1.54, 1.807) is 14.0 Å². The summed E-state index contributed by atoms with van der Waals surface area (Å²) in [7, 11) is 1.62. The van der Waals surface area contributed by atoms with Gasteiger partial charge in [0.2, 0.25) is 0 Å². The summed E-state index contributed by atoms with van der Waals surface area (Å²) in [6.07, 6.45) is 5.54. The van der Waals surface area contributed by atoms with E-state index in [1.165, 1.54) is 0 Å². The Morgan fingerprint density at radius 1 is 1.52 bits per heavy atom. The molecule has 6 heteroatoms. The number of amides is 1. The fourth-order valence-corrected chi connectivity index (χ4v) is 2.64. The Labute approximate surface area is 126 Å². The van der Waals surface area contributed by atoms with Crippen molar-refractivity contribution in [3.8, 4) is 0 Å². The van der Waals surface area contributed by atoms with E-state index in [9.17, 15) is 4.79 Å². The van der Waals surface area contributed by atoms with Gasteiger partial charge in [0.15, 0.2) is 0 Å². The Hall–Kier alpha value is -1.40. The van der Waals surface area contributed by atoms with Crippen LogP contribution in [0.15, 0.2) is 12.4 Å². The number of carbonyl (C=O) groups excluding carboxylic acids is 1. The van der Waals surface area contributed by atoms with Gasteiger partial charge in [0.1, 0.15) is 6.10 Å². The highest BCUT2D eigenvalue weighted by Gasteiger charge is 2.28. The van der Waals surface area contributed by atoms with Gasteiger partial charge in [-0.1, -0.05) is 0 Å². The minimum atomic E-state index is -0.418. The summed E-state index contributed by atoms with van der Waals surface area (Å²) in [6, 6.07) is 0.266. The summed E-state index contributed by atoms with van der Waals surface area (Å²) in [5, 5.41) is 4.37. The molecule has 0 spiro atoms. The fraction of sp³-hybridized carbons (Fsp3) is 0.733. The van der Waals surface area contributed by atoms with Gasteiger partial charge >= 0.3 is 0 Å². The number of methoxy groups -OCH3 is 1. The summed E-state index contributed by atoms with van der Waals surface area (Å²) in [6.45, 7) is 6.29. The zero-order chi connectivity index (χ0) is 15.2. The van der Waals surface area contributed by atoms with Crippen molar-refractivity contribution >= 4 is 5.91 Å². The molecule has 1 aromatic heterocycles. The van der Waals surface area contributed by atoms with Crippen molar-refractivity contribution in [1.82, 2.24) is 14.7 Å². The fourth-order valence-electron chi connectivity index (χ4n) is 2.64. The largest absolute Gasteiger partial charge is 0.382 e. The second-order valence-corrected chi connectivity index (χ2v) is 5.58. The van der Waals surface area contributed by atoms with Gasteiger partial charge in [-0.25, -0.2) is 0 Å². The Bertz CT molecular complexity index is 461. The van der Waals surface area contributed by atoms with Gasteiger partial charge in [-0.3, -0.25) is 9.48 Å². The zero-order valence-electron chi connectivity index (χ0n) is 13.1. The van der Waals surface area contributed by atoms with E-state index in [0.717, 1.165) is 24.9 Å². The minimum absolute atomic E-state index is 0.0553. The van der Waals surface area contributed by atoms with Gasteiger partial charge in [0.05, 0.1) is 25.5 Å². The summed E-state index contributed by atoms with van der Waals surface area (Å²) in [5.74, 6) is 0.0553. The smallest absolute Gasteiger partial charge is 0.251 e. The zero-order valence-corrected chi connectivity index (χ0v) is 13.1. The summed E-state index contributed by atoms with van der Waals surface area (Å²) < 4.78 is 12.4. The molecule has 2 atom stereocenters. The Morgan fingerprint density at radius 3 is 3.00 bits per heavy atom. The van der Waals surface area contributed by atoms with Crippen molar-refractivity contribution in [1.29, 1.82) is 0 Å².